The SMILES string of the molecule is CS(=O)(=O)c1ccc(SCCO)c(N)c1. The monoisotopic (exact) mass is 247 g/mol. The summed E-state index contributed by atoms with van der Waals surface area (Å²) in [5.74, 6) is 0.544. The number of hydrogen-bond acceptors (Lipinski definition) is 5. The second-order valence-electron chi connectivity index (χ2n) is 3.04. The zero-order valence-electron chi connectivity index (χ0n) is 8.30. The summed E-state index contributed by atoms with van der Waals surface area (Å²) in [5, 5.41) is 8.64. The van der Waals surface area contributed by atoms with E-state index in [1.807, 2.05) is 0 Å². The lowest BCUT2D eigenvalue weighted by Crippen LogP contribution is -1.99. The molecule has 0 aromatic heterocycles. The molecule has 0 bridgehead atoms. The molecule has 3 N–H and O–H groups in total. The molecule has 0 spiro atoms. The first kappa shape index (κ1) is 12.4. The number of rotatable bonds is 4. The van der Waals surface area contributed by atoms with Gasteiger partial charge in [-0.25, -0.2) is 8.42 Å². The highest BCUT2D eigenvalue weighted by molar-refractivity contribution is 7.99. The van der Waals surface area contributed by atoms with Gasteiger partial charge in [-0.3, -0.25) is 0 Å². The summed E-state index contributed by atoms with van der Waals surface area (Å²) in [4.78, 5) is 1.00. The first-order valence-electron chi connectivity index (χ1n) is 4.28. The van der Waals surface area contributed by atoms with E-state index in [2.05, 4.69) is 0 Å². The fourth-order valence-corrected chi connectivity index (χ4v) is 2.40. The van der Waals surface area contributed by atoms with Crippen molar-refractivity contribution in [2.24, 2.45) is 0 Å². The molecule has 0 aliphatic rings. The standard InChI is InChI=1S/C9H13NO3S2/c1-15(12,13)7-2-3-9(8(10)6-7)14-5-4-11/h2-3,6,11H,4-5,10H2,1H3. The van der Waals surface area contributed by atoms with Crippen LogP contribution >= 0.6 is 11.8 Å². The third-order valence-corrected chi connectivity index (χ3v) is 3.94. The number of aliphatic hydroxyl groups is 1. The Bertz CT molecular complexity index is 443. The number of nitrogens with two attached hydrogens (primary N) is 1. The molecule has 0 heterocycles. The molecule has 1 aromatic rings. The molecule has 0 unspecified atom stereocenters. The van der Waals surface area contributed by atoms with Gasteiger partial charge in [-0.1, -0.05) is 0 Å². The van der Waals surface area contributed by atoms with Gasteiger partial charge in [-0.2, -0.15) is 0 Å². The maximum Gasteiger partial charge on any atom is 0.175 e. The van der Waals surface area contributed by atoms with Gasteiger partial charge < -0.3 is 10.8 Å². The molecule has 15 heavy (non-hydrogen) atoms. The summed E-state index contributed by atoms with van der Waals surface area (Å²) in [6, 6.07) is 4.62. The first-order chi connectivity index (χ1) is 6.95. The number of hydrogen-bond donors (Lipinski definition) is 2. The van der Waals surface area contributed by atoms with Crippen LogP contribution in [0.5, 0.6) is 0 Å². The van der Waals surface area contributed by atoms with Crippen molar-refractivity contribution in [1.82, 2.24) is 0 Å². The minimum Gasteiger partial charge on any atom is -0.398 e. The predicted molar refractivity (Wildman–Crippen MR) is 61.8 cm³/mol. The Morgan fingerprint density at radius 3 is 2.60 bits per heavy atom. The van der Waals surface area contributed by atoms with Crippen LogP contribution < -0.4 is 5.73 Å². The smallest absolute Gasteiger partial charge is 0.175 e. The Labute approximate surface area is 93.4 Å². The van der Waals surface area contributed by atoms with E-state index in [0.717, 1.165) is 11.2 Å². The highest BCUT2D eigenvalue weighted by Crippen LogP contribution is 2.27. The number of anilines is 1. The number of benzene rings is 1. The topological polar surface area (TPSA) is 80.4 Å². The van der Waals surface area contributed by atoms with Gasteiger partial charge in [-0.15, -0.1) is 11.8 Å². The van der Waals surface area contributed by atoms with Crippen LogP contribution in [0.15, 0.2) is 28.0 Å². The van der Waals surface area contributed by atoms with Crippen LogP contribution in [0.25, 0.3) is 0 Å². The Balaban J connectivity index is 2.99. The van der Waals surface area contributed by atoms with E-state index in [0.29, 0.717) is 11.4 Å². The van der Waals surface area contributed by atoms with Crippen molar-refractivity contribution in [3.05, 3.63) is 18.2 Å². The molecule has 0 aliphatic carbocycles. The number of aliphatic hydroxyl groups excluding tert-OH is 1. The van der Waals surface area contributed by atoms with Gasteiger partial charge in [0, 0.05) is 22.6 Å². The minimum atomic E-state index is -3.20. The molecular weight excluding hydrogens is 234 g/mol. The van der Waals surface area contributed by atoms with Crippen molar-refractivity contribution >= 4 is 27.3 Å². The van der Waals surface area contributed by atoms with Crippen LogP contribution in [-0.4, -0.2) is 32.1 Å². The summed E-state index contributed by atoms with van der Waals surface area (Å²) in [7, 11) is -3.20. The van der Waals surface area contributed by atoms with E-state index in [9.17, 15) is 8.42 Å². The average Bonchev–Trinajstić information content (AvgIpc) is 2.14. The van der Waals surface area contributed by atoms with E-state index < -0.39 is 9.84 Å². The van der Waals surface area contributed by atoms with Crippen molar-refractivity contribution in [1.29, 1.82) is 0 Å². The molecule has 6 heteroatoms. The summed E-state index contributed by atoms with van der Waals surface area (Å²) in [6.45, 7) is 0.0674. The van der Waals surface area contributed by atoms with Crippen molar-refractivity contribution in [2.75, 3.05) is 24.3 Å². The molecule has 0 radical (unpaired) electrons. The van der Waals surface area contributed by atoms with Crippen LogP contribution in [0.1, 0.15) is 0 Å². The van der Waals surface area contributed by atoms with Gasteiger partial charge in [0.2, 0.25) is 0 Å². The number of nitrogen functional groups attached to an aromatic ring is 1. The molecule has 0 amide bonds. The van der Waals surface area contributed by atoms with Crippen LogP contribution in [0.2, 0.25) is 0 Å². The summed E-state index contributed by atoms with van der Waals surface area (Å²) in [6.07, 6.45) is 1.14. The highest BCUT2D eigenvalue weighted by atomic mass is 32.2. The van der Waals surface area contributed by atoms with Crippen LogP contribution in [0, 0.1) is 0 Å². The van der Waals surface area contributed by atoms with Crippen molar-refractivity contribution < 1.29 is 13.5 Å². The van der Waals surface area contributed by atoms with Crippen LogP contribution in [0.3, 0.4) is 0 Å². The largest absolute Gasteiger partial charge is 0.398 e. The quantitative estimate of drug-likeness (QED) is 0.606. The second-order valence-corrected chi connectivity index (χ2v) is 6.20. The van der Waals surface area contributed by atoms with Crippen molar-refractivity contribution in [2.45, 2.75) is 9.79 Å². The van der Waals surface area contributed by atoms with E-state index in [4.69, 9.17) is 10.8 Å². The Hall–Kier alpha value is -0.720. The average molecular weight is 247 g/mol. The highest BCUT2D eigenvalue weighted by Gasteiger charge is 2.09. The Kier molecular flexibility index (Phi) is 4.01. The lowest BCUT2D eigenvalue weighted by molar-refractivity contribution is 0.322. The molecule has 84 valence electrons. The summed E-state index contributed by atoms with van der Waals surface area (Å²) in [5.41, 5.74) is 6.12. The molecular formula is C9H13NO3S2. The van der Waals surface area contributed by atoms with Crippen molar-refractivity contribution in [3.63, 3.8) is 0 Å². The maximum atomic E-state index is 11.2. The van der Waals surface area contributed by atoms with Gasteiger partial charge in [0.1, 0.15) is 0 Å². The first-order valence-corrected chi connectivity index (χ1v) is 7.16. The third-order valence-electron chi connectivity index (χ3n) is 1.76. The van der Waals surface area contributed by atoms with E-state index >= 15 is 0 Å². The number of thioether (sulfide) groups is 1. The Morgan fingerprint density at radius 1 is 1.47 bits per heavy atom. The zero-order valence-corrected chi connectivity index (χ0v) is 9.94. The van der Waals surface area contributed by atoms with Gasteiger partial charge in [-0.05, 0) is 18.2 Å². The summed E-state index contributed by atoms with van der Waals surface area (Å²) >= 11 is 1.40. The molecule has 1 aromatic carbocycles. The van der Waals surface area contributed by atoms with Gasteiger partial charge in [0.15, 0.2) is 9.84 Å². The molecule has 0 saturated carbocycles. The molecule has 4 nitrogen and oxygen atoms in total. The third kappa shape index (κ3) is 3.40. The lowest BCUT2D eigenvalue weighted by atomic mass is 10.3. The van der Waals surface area contributed by atoms with E-state index in [-0.39, 0.29) is 11.5 Å². The van der Waals surface area contributed by atoms with Crippen molar-refractivity contribution in [3.8, 4) is 0 Å². The second kappa shape index (κ2) is 4.87. The molecule has 0 atom stereocenters. The molecule has 0 fully saturated rings. The van der Waals surface area contributed by atoms with E-state index in [1.165, 1.54) is 23.9 Å². The normalized spacial score (nSPS) is 11.6. The summed E-state index contributed by atoms with van der Waals surface area (Å²) < 4.78 is 22.4. The fraction of sp³-hybridized carbons (Fsp3) is 0.333. The molecule has 0 aliphatic heterocycles. The molecule has 1 rings (SSSR count). The van der Waals surface area contributed by atoms with Gasteiger partial charge >= 0.3 is 0 Å². The van der Waals surface area contributed by atoms with Gasteiger partial charge in [0.25, 0.3) is 0 Å². The fourth-order valence-electron chi connectivity index (χ4n) is 1.04. The minimum absolute atomic E-state index is 0.0674. The lowest BCUT2D eigenvalue weighted by Gasteiger charge is -2.06. The van der Waals surface area contributed by atoms with Crippen LogP contribution in [0.4, 0.5) is 5.69 Å². The Morgan fingerprint density at radius 2 is 2.13 bits per heavy atom. The predicted octanol–water partition coefficient (Wildman–Crippen LogP) is 0.757. The van der Waals surface area contributed by atoms with Crippen LogP contribution in [-0.2, 0) is 9.84 Å². The van der Waals surface area contributed by atoms with Gasteiger partial charge in [0.05, 0.1) is 11.5 Å². The molecule has 0 saturated heterocycles. The number of sulfone groups is 1. The zero-order chi connectivity index (χ0) is 11.5. The maximum absolute atomic E-state index is 11.2. The van der Waals surface area contributed by atoms with E-state index in [1.54, 1.807) is 6.07 Å².